The number of nitrogens with one attached hydrogen (secondary N) is 2. The van der Waals surface area contributed by atoms with Crippen LogP contribution in [0.2, 0.25) is 0 Å². The number of carbonyl (C=O) groups excluding carboxylic acids is 1. The lowest BCUT2D eigenvalue weighted by Crippen LogP contribution is -2.40. The van der Waals surface area contributed by atoms with Crippen molar-refractivity contribution in [3.63, 3.8) is 0 Å². The minimum atomic E-state index is -0.699. The van der Waals surface area contributed by atoms with E-state index in [1.807, 2.05) is 37.3 Å². The Balaban J connectivity index is 1.90. The largest absolute Gasteiger partial charge is 0.338 e. The Morgan fingerprint density at radius 1 is 1.29 bits per heavy atom. The van der Waals surface area contributed by atoms with Gasteiger partial charge in [0.15, 0.2) is 5.96 Å². The van der Waals surface area contributed by atoms with Crippen molar-refractivity contribution in [3.8, 4) is 0 Å². The van der Waals surface area contributed by atoms with Crippen molar-refractivity contribution >= 4 is 11.9 Å². The van der Waals surface area contributed by atoms with E-state index in [1.54, 1.807) is 0 Å². The third kappa shape index (κ3) is 1.79. The molecule has 1 aliphatic carbocycles. The molecule has 3 rings (SSSR count). The zero-order chi connectivity index (χ0) is 11.9. The summed E-state index contributed by atoms with van der Waals surface area (Å²) in [5.74, 6) is 0.576. The first-order valence-corrected chi connectivity index (χ1v) is 5.91. The molecule has 1 amide bonds. The second kappa shape index (κ2) is 3.58. The van der Waals surface area contributed by atoms with E-state index in [4.69, 9.17) is 0 Å². The van der Waals surface area contributed by atoms with Gasteiger partial charge in [0.1, 0.15) is 5.54 Å². The molecule has 1 unspecified atom stereocenters. The highest BCUT2D eigenvalue weighted by atomic mass is 16.2. The molecule has 0 radical (unpaired) electrons. The number of nitrogens with zero attached hydrogens (tertiary/aromatic N) is 1. The van der Waals surface area contributed by atoms with Gasteiger partial charge in [0.25, 0.3) is 5.91 Å². The quantitative estimate of drug-likeness (QED) is 0.799. The molecule has 1 aromatic carbocycles. The number of rotatable bonds is 2. The van der Waals surface area contributed by atoms with Gasteiger partial charge < -0.3 is 5.32 Å². The SMILES string of the molecule is CC1(c2ccccc2)NC(=NC2CC2)NC1=O. The predicted molar refractivity (Wildman–Crippen MR) is 65.5 cm³/mol. The predicted octanol–water partition coefficient (Wildman–Crippen LogP) is 1.14. The van der Waals surface area contributed by atoms with Crippen LogP contribution in [-0.2, 0) is 10.3 Å². The van der Waals surface area contributed by atoms with E-state index in [1.165, 1.54) is 0 Å². The molecular weight excluding hydrogens is 214 g/mol. The summed E-state index contributed by atoms with van der Waals surface area (Å²) in [4.78, 5) is 16.5. The molecule has 17 heavy (non-hydrogen) atoms. The molecule has 4 nitrogen and oxygen atoms in total. The second-order valence-corrected chi connectivity index (χ2v) is 4.78. The third-order valence-electron chi connectivity index (χ3n) is 3.26. The van der Waals surface area contributed by atoms with Crippen molar-refractivity contribution in [1.29, 1.82) is 0 Å². The van der Waals surface area contributed by atoms with Crippen molar-refractivity contribution in [3.05, 3.63) is 35.9 Å². The van der Waals surface area contributed by atoms with E-state index in [0.717, 1.165) is 18.4 Å². The van der Waals surface area contributed by atoms with Gasteiger partial charge in [-0.15, -0.1) is 0 Å². The van der Waals surface area contributed by atoms with Crippen molar-refractivity contribution in [2.24, 2.45) is 4.99 Å². The van der Waals surface area contributed by atoms with E-state index in [-0.39, 0.29) is 5.91 Å². The molecule has 0 spiro atoms. The summed E-state index contributed by atoms with van der Waals surface area (Å²) < 4.78 is 0. The maximum absolute atomic E-state index is 12.1. The normalized spacial score (nSPS) is 30.2. The van der Waals surface area contributed by atoms with Gasteiger partial charge in [-0.2, -0.15) is 0 Å². The van der Waals surface area contributed by atoms with E-state index in [2.05, 4.69) is 15.6 Å². The lowest BCUT2D eigenvalue weighted by atomic mass is 9.92. The summed E-state index contributed by atoms with van der Waals surface area (Å²) in [6.45, 7) is 1.88. The summed E-state index contributed by atoms with van der Waals surface area (Å²) in [5.41, 5.74) is 0.258. The van der Waals surface area contributed by atoms with E-state index in [0.29, 0.717) is 12.0 Å². The molecule has 1 aromatic rings. The van der Waals surface area contributed by atoms with Crippen LogP contribution in [0, 0.1) is 0 Å². The Morgan fingerprint density at radius 2 is 2.00 bits per heavy atom. The number of carbonyl (C=O) groups is 1. The minimum Gasteiger partial charge on any atom is -0.338 e. The highest BCUT2D eigenvalue weighted by Gasteiger charge is 2.42. The van der Waals surface area contributed by atoms with E-state index in [9.17, 15) is 4.79 Å². The van der Waals surface area contributed by atoms with E-state index >= 15 is 0 Å². The Morgan fingerprint density at radius 3 is 2.65 bits per heavy atom. The van der Waals surface area contributed by atoms with Crippen molar-refractivity contribution < 1.29 is 4.79 Å². The van der Waals surface area contributed by atoms with Gasteiger partial charge in [0, 0.05) is 0 Å². The first-order valence-electron chi connectivity index (χ1n) is 5.91. The molecular formula is C13H15N3O. The first-order chi connectivity index (χ1) is 8.18. The summed E-state index contributed by atoms with van der Waals surface area (Å²) >= 11 is 0. The molecule has 0 bridgehead atoms. The molecule has 88 valence electrons. The number of aliphatic imine (C=N–C) groups is 1. The van der Waals surface area contributed by atoms with Crippen molar-refractivity contribution in [2.45, 2.75) is 31.3 Å². The smallest absolute Gasteiger partial charge is 0.256 e. The van der Waals surface area contributed by atoms with Crippen LogP contribution < -0.4 is 10.6 Å². The number of amides is 1. The lowest BCUT2D eigenvalue weighted by Gasteiger charge is -2.21. The average Bonchev–Trinajstić information content (AvgIpc) is 3.08. The number of hydrogen-bond donors (Lipinski definition) is 2. The van der Waals surface area contributed by atoms with Gasteiger partial charge in [-0.25, -0.2) is 4.99 Å². The third-order valence-corrected chi connectivity index (χ3v) is 3.26. The van der Waals surface area contributed by atoms with E-state index < -0.39 is 5.54 Å². The fraction of sp³-hybridized carbons (Fsp3) is 0.385. The molecule has 2 fully saturated rings. The van der Waals surface area contributed by atoms with Crippen molar-refractivity contribution in [2.75, 3.05) is 0 Å². The highest BCUT2D eigenvalue weighted by Crippen LogP contribution is 2.27. The molecule has 1 heterocycles. The van der Waals surface area contributed by atoms with Crippen LogP contribution in [0.15, 0.2) is 35.3 Å². The summed E-state index contributed by atoms with van der Waals surface area (Å²) in [7, 11) is 0. The summed E-state index contributed by atoms with van der Waals surface area (Å²) in [5, 5.41) is 6.01. The maximum atomic E-state index is 12.1. The Bertz CT molecular complexity index is 479. The zero-order valence-electron chi connectivity index (χ0n) is 9.73. The topological polar surface area (TPSA) is 53.5 Å². The van der Waals surface area contributed by atoms with Crippen LogP contribution >= 0.6 is 0 Å². The van der Waals surface area contributed by atoms with Gasteiger partial charge in [-0.3, -0.25) is 10.1 Å². The van der Waals surface area contributed by atoms with Gasteiger partial charge in [-0.1, -0.05) is 30.3 Å². The Hall–Kier alpha value is -1.84. The van der Waals surface area contributed by atoms with Crippen LogP contribution in [-0.4, -0.2) is 17.9 Å². The van der Waals surface area contributed by atoms with Gasteiger partial charge >= 0.3 is 0 Å². The maximum Gasteiger partial charge on any atom is 0.256 e. The molecule has 2 aliphatic rings. The fourth-order valence-electron chi connectivity index (χ4n) is 1.98. The van der Waals surface area contributed by atoms with Gasteiger partial charge in [-0.05, 0) is 25.3 Å². The Labute approximate surface area is 100 Å². The monoisotopic (exact) mass is 229 g/mol. The molecule has 1 aliphatic heterocycles. The number of guanidine groups is 1. The fourth-order valence-corrected chi connectivity index (χ4v) is 1.98. The summed E-state index contributed by atoms with van der Waals surface area (Å²) in [6, 6.07) is 10.1. The highest BCUT2D eigenvalue weighted by molar-refractivity contribution is 6.09. The molecule has 4 heteroatoms. The van der Waals surface area contributed by atoms with Crippen molar-refractivity contribution in [1.82, 2.24) is 10.6 Å². The average molecular weight is 229 g/mol. The zero-order valence-corrected chi connectivity index (χ0v) is 9.73. The molecule has 2 N–H and O–H groups in total. The molecule has 1 saturated carbocycles. The molecule has 1 atom stereocenters. The van der Waals surface area contributed by atoms with Gasteiger partial charge in [0.2, 0.25) is 0 Å². The van der Waals surface area contributed by atoms with Crippen LogP contribution in [0.1, 0.15) is 25.3 Å². The molecule has 0 aromatic heterocycles. The lowest BCUT2D eigenvalue weighted by molar-refractivity contribution is -0.123. The number of benzene rings is 1. The first kappa shape index (κ1) is 10.3. The standard InChI is InChI=1S/C13H15N3O/c1-13(9-5-3-2-4-6-9)11(17)15-12(16-13)14-10-7-8-10/h2-6,10H,7-8H2,1H3,(H2,14,15,16,17). The minimum absolute atomic E-state index is 0.0388. The number of hydrogen-bond acceptors (Lipinski definition) is 2. The Kier molecular flexibility index (Phi) is 2.18. The van der Waals surface area contributed by atoms with Gasteiger partial charge in [0.05, 0.1) is 6.04 Å². The van der Waals surface area contributed by atoms with Crippen LogP contribution in [0.4, 0.5) is 0 Å². The molecule has 1 saturated heterocycles. The van der Waals surface area contributed by atoms with Crippen LogP contribution in [0.5, 0.6) is 0 Å². The summed E-state index contributed by atoms with van der Waals surface area (Å²) in [6.07, 6.45) is 2.26. The van der Waals surface area contributed by atoms with Crippen LogP contribution in [0.25, 0.3) is 0 Å². The second-order valence-electron chi connectivity index (χ2n) is 4.78. The van der Waals surface area contributed by atoms with Crippen LogP contribution in [0.3, 0.4) is 0 Å².